The van der Waals surface area contributed by atoms with E-state index in [2.05, 4.69) is 19.1 Å². The lowest BCUT2D eigenvalue weighted by molar-refractivity contribution is 0.509. The van der Waals surface area contributed by atoms with Gasteiger partial charge in [0.05, 0.1) is 0 Å². The molecule has 14 heavy (non-hydrogen) atoms. The fourth-order valence-corrected chi connectivity index (χ4v) is 2.43. The van der Waals surface area contributed by atoms with Crippen molar-refractivity contribution in [3.05, 3.63) is 34.9 Å². The molecule has 1 fully saturated rings. The van der Waals surface area contributed by atoms with Crippen molar-refractivity contribution in [3.63, 3.8) is 0 Å². The normalized spacial score (nSPS) is 27.4. The second kappa shape index (κ2) is 3.92. The number of hydrogen-bond acceptors (Lipinski definition) is 1. The molecule has 3 atom stereocenters. The monoisotopic (exact) mass is 209 g/mol. The molecule has 2 rings (SSSR count). The number of hydrogen-bond donors (Lipinski definition) is 1. The van der Waals surface area contributed by atoms with Gasteiger partial charge in [-0.15, -0.1) is 0 Å². The molecule has 0 saturated heterocycles. The van der Waals surface area contributed by atoms with Crippen LogP contribution in [0.4, 0.5) is 0 Å². The number of nitrogens with two attached hydrogens (primary N) is 1. The molecule has 3 unspecified atom stereocenters. The Balaban J connectivity index is 2.10. The van der Waals surface area contributed by atoms with Gasteiger partial charge in [-0.2, -0.15) is 0 Å². The molecule has 0 bridgehead atoms. The SMILES string of the molecule is CC(CN)C1CC1c1ccccc1Cl. The number of benzene rings is 1. The molecule has 2 heteroatoms. The van der Waals surface area contributed by atoms with Gasteiger partial charge in [0.25, 0.3) is 0 Å². The average Bonchev–Trinajstić information content (AvgIpc) is 2.97. The quantitative estimate of drug-likeness (QED) is 0.814. The molecule has 1 aliphatic rings. The molecule has 1 aliphatic carbocycles. The van der Waals surface area contributed by atoms with Gasteiger partial charge in [-0.3, -0.25) is 0 Å². The maximum atomic E-state index is 6.14. The average molecular weight is 210 g/mol. The third kappa shape index (κ3) is 1.79. The summed E-state index contributed by atoms with van der Waals surface area (Å²) in [7, 11) is 0. The molecule has 1 aromatic rings. The summed E-state index contributed by atoms with van der Waals surface area (Å²) in [6.45, 7) is 3.01. The van der Waals surface area contributed by atoms with Crippen molar-refractivity contribution >= 4 is 11.6 Å². The van der Waals surface area contributed by atoms with Gasteiger partial charge < -0.3 is 5.73 Å². The zero-order valence-corrected chi connectivity index (χ0v) is 9.17. The van der Waals surface area contributed by atoms with Crippen molar-refractivity contribution in [2.45, 2.75) is 19.3 Å². The molecule has 76 valence electrons. The standard InChI is InChI=1S/C12H16ClN/c1-8(7-14)10-6-11(10)9-4-2-3-5-12(9)13/h2-5,8,10-11H,6-7,14H2,1H3. The molecule has 0 amide bonds. The summed E-state index contributed by atoms with van der Waals surface area (Å²) in [6, 6.07) is 8.15. The van der Waals surface area contributed by atoms with Gasteiger partial charge in [0.15, 0.2) is 0 Å². The molecule has 0 heterocycles. The van der Waals surface area contributed by atoms with E-state index in [1.165, 1.54) is 12.0 Å². The molecule has 2 N–H and O–H groups in total. The topological polar surface area (TPSA) is 26.0 Å². The molecule has 0 aliphatic heterocycles. The first-order valence-corrected chi connectivity index (χ1v) is 5.56. The number of halogens is 1. The van der Waals surface area contributed by atoms with Gasteiger partial charge in [0.2, 0.25) is 0 Å². The molecule has 0 aromatic heterocycles. The van der Waals surface area contributed by atoms with Crippen molar-refractivity contribution in [2.24, 2.45) is 17.6 Å². The predicted molar refractivity (Wildman–Crippen MR) is 60.5 cm³/mol. The van der Waals surface area contributed by atoms with Gasteiger partial charge in [0, 0.05) is 5.02 Å². The van der Waals surface area contributed by atoms with Crippen molar-refractivity contribution in [3.8, 4) is 0 Å². The Kier molecular flexibility index (Phi) is 2.80. The Labute approximate surface area is 90.3 Å². The van der Waals surface area contributed by atoms with E-state index in [4.69, 9.17) is 17.3 Å². The van der Waals surface area contributed by atoms with Crippen LogP contribution in [0.25, 0.3) is 0 Å². The van der Waals surface area contributed by atoms with E-state index in [1.807, 2.05) is 12.1 Å². The first-order chi connectivity index (χ1) is 6.74. The highest BCUT2D eigenvalue weighted by atomic mass is 35.5. The Morgan fingerprint density at radius 3 is 2.86 bits per heavy atom. The van der Waals surface area contributed by atoms with Crippen LogP contribution < -0.4 is 5.73 Å². The first-order valence-electron chi connectivity index (χ1n) is 5.18. The fraction of sp³-hybridized carbons (Fsp3) is 0.500. The lowest BCUT2D eigenvalue weighted by atomic mass is 10.0. The van der Waals surface area contributed by atoms with Crippen molar-refractivity contribution in [2.75, 3.05) is 6.54 Å². The molecule has 0 radical (unpaired) electrons. The van der Waals surface area contributed by atoms with Gasteiger partial charge in [0.1, 0.15) is 0 Å². The highest BCUT2D eigenvalue weighted by Crippen LogP contribution is 2.53. The molecule has 1 nitrogen and oxygen atoms in total. The Bertz CT molecular complexity index is 324. The van der Waals surface area contributed by atoms with Gasteiger partial charge in [-0.05, 0) is 42.3 Å². The minimum atomic E-state index is 0.622. The predicted octanol–water partition coefficient (Wildman–Crippen LogP) is 3.04. The van der Waals surface area contributed by atoms with E-state index < -0.39 is 0 Å². The van der Waals surface area contributed by atoms with E-state index in [9.17, 15) is 0 Å². The van der Waals surface area contributed by atoms with E-state index in [-0.39, 0.29) is 0 Å². The summed E-state index contributed by atoms with van der Waals surface area (Å²) >= 11 is 6.14. The largest absolute Gasteiger partial charge is 0.330 e. The summed E-state index contributed by atoms with van der Waals surface area (Å²) in [4.78, 5) is 0. The van der Waals surface area contributed by atoms with Crippen LogP contribution in [0.3, 0.4) is 0 Å². The summed E-state index contributed by atoms with van der Waals surface area (Å²) < 4.78 is 0. The summed E-state index contributed by atoms with van der Waals surface area (Å²) in [6.07, 6.45) is 1.25. The zero-order valence-electron chi connectivity index (χ0n) is 8.41. The minimum Gasteiger partial charge on any atom is -0.330 e. The summed E-state index contributed by atoms with van der Waals surface area (Å²) in [5, 5.41) is 0.907. The van der Waals surface area contributed by atoms with Crippen molar-refractivity contribution in [1.82, 2.24) is 0 Å². The van der Waals surface area contributed by atoms with Crippen LogP contribution in [-0.4, -0.2) is 6.54 Å². The maximum absolute atomic E-state index is 6.14. The third-order valence-corrected chi connectivity index (χ3v) is 3.59. The van der Waals surface area contributed by atoms with Gasteiger partial charge in [-0.25, -0.2) is 0 Å². The molecule has 0 spiro atoms. The van der Waals surface area contributed by atoms with E-state index >= 15 is 0 Å². The van der Waals surface area contributed by atoms with Crippen LogP contribution >= 0.6 is 11.6 Å². The Hall–Kier alpha value is -0.530. The van der Waals surface area contributed by atoms with Crippen LogP contribution in [0.15, 0.2) is 24.3 Å². The molecular formula is C12H16ClN. The molecular weight excluding hydrogens is 194 g/mol. The second-order valence-corrected chi connectivity index (χ2v) is 4.65. The van der Waals surface area contributed by atoms with E-state index in [1.54, 1.807) is 0 Å². The highest BCUT2D eigenvalue weighted by molar-refractivity contribution is 6.31. The van der Waals surface area contributed by atoms with E-state index in [0.29, 0.717) is 11.8 Å². The van der Waals surface area contributed by atoms with Crippen LogP contribution in [-0.2, 0) is 0 Å². The van der Waals surface area contributed by atoms with Crippen LogP contribution in [0.1, 0.15) is 24.8 Å². The molecule has 1 saturated carbocycles. The van der Waals surface area contributed by atoms with Crippen LogP contribution in [0.5, 0.6) is 0 Å². The zero-order chi connectivity index (χ0) is 10.1. The van der Waals surface area contributed by atoms with Crippen molar-refractivity contribution < 1.29 is 0 Å². The van der Waals surface area contributed by atoms with Gasteiger partial charge >= 0.3 is 0 Å². The summed E-state index contributed by atoms with van der Waals surface area (Å²) in [5.74, 6) is 2.03. The lowest BCUT2D eigenvalue weighted by Crippen LogP contribution is -2.13. The van der Waals surface area contributed by atoms with E-state index in [0.717, 1.165) is 17.5 Å². The van der Waals surface area contributed by atoms with Crippen LogP contribution in [0.2, 0.25) is 5.02 Å². The first kappa shape index (κ1) is 10.0. The maximum Gasteiger partial charge on any atom is 0.0440 e. The molecule has 1 aromatic carbocycles. The van der Waals surface area contributed by atoms with Crippen molar-refractivity contribution in [1.29, 1.82) is 0 Å². The Morgan fingerprint density at radius 2 is 2.21 bits per heavy atom. The lowest BCUT2D eigenvalue weighted by Gasteiger charge is -2.08. The fourth-order valence-electron chi connectivity index (χ4n) is 2.15. The van der Waals surface area contributed by atoms with Gasteiger partial charge in [-0.1, -0.05) is 36.7 Å². The Morgan fingerprint density at radius 1 is 1.50 bits per heavy atom. The van der Waals surface area contributed by atoms with Crippen LogP contribution in [0, 0.1) is 11.8 Å². The second-order valence-electron chi connectivity index (χ2n) is 4.24. The highest BCUT2D eigenvalue weighted by Gasteiger charge is 2.42. The third-order valence-electron chi connectivity index (χ3n) is 3.25. The minimum absolute atomic E-state index is 0.622. The number of rotatable bonds is 3. The smallest absolute Gasteiger partial charge is 0.0440 e. The summed E-state index contributed by atoms with van der Waals surface area (Å²) in [5.41, 5.74) is 6.96.